The molecule has 2 heterocycles. The van der Waals surface area contributed by atoms with Crippen molar-refractivity contribution in [3.63, 3.8) is 0 Å². The highest BCUT2D eigenvalue weighted by Gasteiger charge is 2.21. The van der Waals surface area contributed by atoms with Crippen molar-refractivity contribution < 1.29 is 5.11 Å². The van der Waals surface area contributed by atoms with E-state index < -0.39 is 0 Å². The van der Waals surface area contributed by atoms with Gasteiger partial charge in [-0.1, -0.05) is 30.3 Å². The summed E-state index contributed by atoms with van der Waals surface area (Å²) in [5, 5.41) is 13.7. The fraction of sp³-hybridized carbons (Fsp3) is 0.429. The number of hydrogen-bond acceptors (Lipinski definition) is 3. The average molecular weight is 243 g/mol. The quantitative estimate of drug-likeness (QED) is 0.887. The largest absolute Gasteiger partial charge is 0.396 e. The van der Waals surface area contributed by atoms with Crippen molar-refractivity contribution >= 4 is 0 Å². The van der Waals surface area contributed by atoms with Crippen LogP contribution in [0.2, 0.25) is 0 Å². The maximum atomic E-state index is 9.20. The average Bonchev–Trinajstić information content (AvgIpc) is 2.80. The molecule has 4 heteroatoms. The molecule has 0 bridgehead atoms. The Balaban J connectivity index is 1.78. The van der Waals surface area contributed by atoms with Gasteiger partial charge in [0.05, 0.1) is 0 Å². The second-order valence-electron chi connectivity index (χ2n) is 4.87. The Labute approximate surface area is 106 Å². The maximum Gasteiger partial charge on any atom is 0.155 e. The van der Waals surface area contributed by atoms with Crippen molar-refractivity contribution in [2.24, 2.45) is 5.92 Å². The lowest BCUT2D eigenvalue weighted by atomic mass is 9.99. The zero-order valence-electron chi connectivity index (χ0n) is 10.3. The minimum atomic E-state index is 0.251. The van der Waals surface area contributed by atoms with E-state index in [0.29, 0.717) is 5.92 Å². The first-order valence-corrected chi connectivity index (χ1v) is 6.42. The molecule has 18 heavy (non-hydrogen) atoms. The number of aromatic nitrogens is 3. The molecule has 0 aliphatic carbocycles. The van der Waals surface area contributed by atoms with E-state index in [1.54, 1.807) is 0 Å². The van der Waals surface area contributed by atoms with E-state index in [2.05, 4.69) is 22.2 Å². The number of rotatable bonds is 3. The predicted octanol–water partition coefficient (Wildman–Crippen LogP) is 1.42. The van der Waals surface area contributed by atoms with Crippen molar-refractivity contribution in [1.29, 1.82) is 0 Å². The first-order valence-electron chi connectivity index (χ1n) is 6.42. The van der Waals surface area contributed by atoms with E-state index in [1.165, 1.54) is 5.56 Å². The summed E-state index contributed by atoms with van der Waals surface area (Å²) in [7, 11) is 0. The molecule has 3 rings (SSSR count). The molecule has 0 spiro atoms. The van der Waals surface area contributed by atoms with Crippen LogP contribution < -0.4 is 0 Å². The molecule has 4 nitrogen and oxygen atoms in total. The van der Waals surface area contributed by atoms with E-state index in [-0.39, 0.29) is 6.61 Å². The van der Waals surface area contributed by atoms with Crippen LogP contribution >= 0.6 is 0 Å². The lowest BCUT2D eigenvalue weighted by Crippen LogP contribution is -2.22. The number of aliphatic hydroxyl groups excluding tert-OH is 1. The third kappa shape index (κ3) is 2.29. The molecule has 1 unspecified atom stereocenters. The van der Waals surface area contributed by atoms with Crippen LogP contribution in [0.1, 0.15) is 23.6 Å². The molecule has 1 aliphatic rings. The fourth-order valence-corrected chi connectivity index (χ4v) is 2.43. The van der Waals surface area contributed by atoms with Crippen molar-refractivity contribution in [3.05, 3.63) is 47.5 Å². The Morgan fingerprint density at radius 1 is 1.28 bits per heavy atom. The van der Waals surface area contributed by atoms with E-state index in [0.717, 1.165) is 37.5 Å². The van der Waals surface area contributed by atoms with Gasteiger partial charge in [-0.2, -0.15) is 5.10 Å². The summed E-state index contributed by atoms with van der Waals surface area (Å²) < 4.78 is 1.99. The van der Waals surface area contributed by atoms with Gasteiger partial charge < -0.3 is 5.11 Å². The Morgan fingerprint density at radius 2 is 2.11 bits per heavy atom. The molecule has 2 aromatic rings. The number of nitrogens with zero attached hydrogens (tertiary/aromatic N) is 3. The molecule has 94 valence electrons. The molecule has 0 amide bonds. The van der Waals surface area contributed by atoms with Crippen LogP contribution in [0.4, 0.5) is 0 Å². The molecule has 0 saturated carbocycles. The van der Waals surface area contributed by atoms with Gasteiger partial charge in [0.15, 0.2) is 5.82 Å². The highest BCUT2D eigenvalue weighted by atomic mass is 16.3. The SMILES string of the molecule is OCC1CCn2nc(Cc3ccccc3)nc2C1. The van der Waals surface area contributed by atoms with Crippen molar-refractivity contribution in [1.82, 2.24) is 14.8 Å². The highest BCUT2D eigenvalue weighted by molar-refractivity contribution is 5.18. The summed E-state index contributed by atoms with van der Waals surface area (Å²) in [6.45, 7) is 1.13. The van der Waals surface area contributed by atoms with Gasteiger partial charge in [0.2, 0.25) is 0 Å². The van der Waals surface area contributed by atoms with Gasteiger partial charge >= 0.3 is 0 Å². The monoisotopic (exact) mass is 243 g/mol. The molecular formula is C14H17N3O. The van der Waals surface area contributed by atoms with Gasteiger partial charge in [-0.3, -0.25) is 0 Å². The Kier molecular flexibility index (Phi) is 3.11. The molecular weight excluding hydrogens is 226 g/mol. The third-order valence-electron chi connectivity index (χ3n) is 3.48. The van der Waals surface area contributed by atoms with Crippen LogP contribution in [0.15, 0.2) is 30.3 Å². The first kappa shape index (κ1) is 11.4. The molecule has 0 fully saturated rings. The number of benzene rings is 1. The standard InChI is InChI=1S/C14H17N3O/c18-10-12-6-7-17-14(9-12)15-13(16-17)8-11-4-2-1-3-5-11/h1-5,12,18H,6-10H2. The predicted molar refractivity (Wildman–Crippen MR) is 68.2 cm³/mol. The number of aliphatic hydroxyl groups is 1. The van der Waals surface area contributed by atoms with Crippen molar-refractivity contribution in [2.75, 3.05) is 6.61 Å². The van der Waals surface area contributed by atoms with Crippen molar-refractivity contribution in [2.45, 2.75) is 25.8 Å². The van der Waals surface area contributed by atoms with Crippen LogP contribution in [0.25, 0.3) is 0 Å². The summed E-state index contributed by atoms with van der Waals surface area (Å²) in [5.41, 5.74) is 1.24. The summed E-state index contributed by atoms with van der Waals surface area (Å²) in [4.78, 5) is 4.58. The van der Waals surface area contributed by atoms with Crippen LogP contribution in [-0.4, -0.2) is 26.5 Å². The normalized spacial score (nSPS) is 18.6. The minimum Gasteiger partial charge on any atom is -0.396 e. The van der Waals surface area contributed by atoms with E-state index >= 15 is 0 Å². The second kappa shape index (κ2) is 4.90. The fourth-order valence-electron chi connectivity index (χ4n) is 2.43. The molecule has 0 radical (unpaired) electrons. The molecule has 1 aliphatic heterocycles. The zero-order valence-corrected chi connectivity index (χ0v) is 10.3. The van der Waals surface area contributed by atoms with Gasteiger partial charge in [-0.15, -0.1) is 0 Å². The maximum absolute atomic E-state index is 9.20. The van der Waals surface area contributed by atoms with Crippen LogP contribution in [0.5, 0.6) is 0 Å². The summed E-state index contributed by atoms with van der Waals surface area (Å²) in [6.07, 6.45) is 2.63. The Hall–Kier alpha value is -1.68. The molecule has 1 atom stereocenters. The zero-order chi connectivity index (χ0) is 12.4. The number of aryl methyl sites for hydroxylation is 1. The van der Waals surface area contributed by atoms with Gasteiger partial charge in [-0.05, 0) is 17.9 Å². The van der Waals surface area contributed by atoms with E-state index in [4.69, 9.17) is 0 Å². The minimum absolute atomic E-state index is 0.251. The third-order valence-corrected chi connectivity index (χ3v) is 3.48. The van der Waals surface area contributed by atoms with Crippen LogP contribution in [-0.2, 0) is 19.4 Å². The number of fused-ring (bicyclic) bond motifs is 1. The summed E-state index contributed by atoms with van der Waals surface area (Å²) in [5.74, 6) is 2.26. The topological polar surface area (TPSA) is 50.9 Å². The summed E-state index contributed by atoms with van der Waals surface area (Å²) in [6, 6.07) is 10.3. The Morgan fingerprint density at radius 3 is 2.89 bits per heavy atom. The Bertz CT molecular complexity index is 521. The lowest BCUT2D eigenvalue weighted by Gasteiger charge is -2.19. The highest BCUT2D eigenvalue weighted by Crippen LogP contribution is 2.19. The van der Waals surface area contributed by atoms with Gasteiger partial charge in [-0.25, -0.2) is 9.67 Å². The smallest absolute Gasteiger partial charge is 0.155 e. The van der Waals surface area contributed by atoms with Gasteiger partial charge in [0.25, 0.3) is 0 Å². The second-order valence-corrected chi connectivity index (χ2v) is 4.87. The summed E-state index contributed by atoms with van der Waals surface area (Å²) >= 11 is 0. The van der Waals surface area contributed by atoms with Crippen molar-refractivity contribution in [3.8, 4) is 0 Å². The van der Waals surface area contributed by atoms with Crippen LogP contribution in [0.3, 0.4) is 0 Å². The van der Waals surface area contributed by atoms with Crippen LogP contribution in [0, 0.1) is 5.92 Å². The molecule has 1 aromatic carbocycles. The van der Waals surface area contributed by atoms with Gasteiger partial charge in [0.1, 0.15) is 5.82 Å². The number of hydrogen-bond donors (Lipinski definition) is 1. The molecule has 1 aromatic heterocycles. The lowest BCUT2D eigenvalue weighted by molar-refractivity contribution is 0.196. The van der Waals surface area contributed by atoms with Gasteiger partial charge in [0, 0.05) is 26.0 Å². The molecule has 0 saturated heterocycles. The van der Waals surface area contributed by atoms with E-state index in [9.17, 15) is 5.11 Å². The molecule has 1 N–H and O–H groups in total. The first-order chi connectivity index (χ1) is 8.85. The van der Waals surface area contributed by atoms with E-state index in [1.807, 2.05) is 22.9 Å².